The van der Waals surface area contributed by atoms with Crippen LogP contribution in [0.4, 0.5) is 0 Å². The molecule has 1 heterocycles. The van der Waals surface area contributed by atoms with Crippen molar-refractivity contribution in [3.63, 3.8) is 0 Å². The molecule has 0 spiro atoms. The number of ketones is 1. The molecular formula is C20H19NO2. The number of ether oxygens (including phenoxy) is 1. The topological polar surface area (TPSA) is 50.1 Å². The quantitative estimate of drug-likeness (QED) is 0.794. The van der Waals surface area contributed by atoms with Gasteiger partial charge in [-0.2, -0.15) is 5.26 Å². The van der Waals surface area contributed by atoms with Crippen LogP contribution in [-0.4, -0.2) is 11.9 Å². The summed E-state index contributed by atoms with van der Waals surface area (Å²) in [5.41, 5.74) is 0.643. The van der Waals surface area contributed by atoms with Gasteiger partial charge < -0.3 is 4.74 Å². The third-order valence-electron chi connectivity index (χ3n) is 4.35. The van der Waals surface area contributed by atoms with Crippen LogP contribution in [0.2, 0.25) is 0 Å². The lowest BCUT2D eigenvalue weighted by molar-refractivity contribution is -0.0976. The van der Waals surface area contributed by atoms with Gasteiger partial charge in [0.2, 0.25) is 0 Å². The van der Waals surface area contributed by atoms with E-state index in [9.17, 15) is 10.1 Å². The van der Waals surface area contributed by atoms with Crippen LogP contribution in [0, 0.1) is 11.3 Å². The lowest BCUT2D eigenvalue weighted by Gasteiger charge is -2.36. The van der Waals surface area contributed by atoms with Gasteiger partial charge in [-0.15, -0.1) is 0 Å². The van der Waals surface area contributed by atoms with E-state index in [1.807, 2.05) is 60.7 Å². The van der Waals surface area contributed by atoms with E-state index >= 15 is 0 Å². The predicted molar refractivity (Wildman–Crippen MR) is 87.8 cm³/mol. The molecule has 2 atom stereocenters. The fraction of sp³-hybridized carbons (Fsp3) is 0.300. The van der Waals surface area contributed by atoms with Gasteiger partial charge in [-0.25, -0.2) is 0 Å². The van der Waals surface area contributed by atoms with Gasteiger partial charge in [0.15, 0.2) is 11.4 Å². The number of hydrogen-bond acceptors (Lipinski definition) is 3. The molecule has 3 heteroatoms. The van der Waals surface area contributed by atoms with E-state index in [4.69, 9.17) is 4.74 Å². The first-order valence-electron chi connectivity index (χ1n) is 7.96. The minimum absolute atomic E-state index is 0.0670. The standard InChI is InChI=1S/C20H19NO2/c21-15-20(17-10-5-2-6-11-17)13-7-12-18(23-20)14-19(22)16-8-3-1-4-9-16/h1-6,8-11,18H,7,12-14H2. The molecular weight excluding hydrogens is 286 g/mol. The number of benzene rings is 2. The summed E-state index contributed by atoms with van der Waals surface area (Å²) in [6, 6.07) is 21.2. The maximum atomic E-state index is 12.4. The normalized spacial score (nSPS) is 23.9. The minimum Gasteiger partial charge on any atom is -0.352 e. The summed E-state index contributed by atoms with van der Waals surface area (Å²) in [6.07, 6.45) is 2.48. The maximum Gasteiger partial charge on any atom is 0.179 e. The second-order valence-corrected chi connectivity index (χ2v) is 5.93. The van der Waals surface area contributed by atoms with Crippen LogP contribution in [0.1, 0.15) is 41.6 Å². The molecule has 1 aliphatic heterocycles. The smallest absolute Gasteiger partial charge is 0.179 e. The second kappa shape index (κ2) is 6.76. The molecule has 1 aliphatic rings. The van der Waals surface area contributed by atoms with E-state index in [1.165, 1.54) is 0 Å². The van der Waals surface area contributed by atoms with Gasteiger partial charge in [0, 0.05) is 12.0 Å². The number of nitrogens with zero attached hydrogens (tertiary/aromatic N) is 1. The van der Waals surface area contributed by atoms with Crippen LogP contribution in [0.25, 0.3) is 0 Å². The Kier molecular flexibility index (Phi) is 4.55. The molecule has 3 nitrogen and oxygen atoms in total. The Labute approximate surface area is 136 Å². The minimum atomic E-state index is -0.929. The Bertz CT molecular complexity index is 705. The van der Waals surface area contributed by atoms with E-state index in [2.05, 4.69) is 6.07 Å². The number of rotatable bonds is 4. The molecule has 116 valence electrons. The lowest BCUT2D eigenvalue weighted by atomic mass is 9.85. The van der Waals surface area contributed by atoms with Crippen molar-refractivity contribution >= 4 is 5.78 Å². The van der Waals surface area contributed by atoms with Crippen LogP contribution in [-0.2, 0) is 10.3 Å². The average molecular weight is 305 g/mol. The number of carbonyl (C=O) groups excluding carboxylic acids is 1. The SMILES string of the molecule is N#CC1(c2ccccc2)CCCC(CC(=O)c2ccccc2)O1. The molecule has 3 rings (SSSR count). The van der Waals surface area contributed by atoms with Crippen LogP contribution < -0.4 is 0 Å². The van der Waals surface area contributed by atoms with Crippen LogP contribution in [0.15, 0.2) is 60.7 Å². The van der Waals surface area contributed by atoms with Crippen LogP contribution in [0.5, 0.6) is 0 Å². The van der Waals surface area contributed by atoms with Crippen LogP contribution in [0.3, 0.4) is 0 Å². The molecule has 0 saturated carbocycles. The van der Waals surface area contributed by atoms with E-state index in [0.29, 0.717) is 18.4 Å². The van der Waals surface area contributed by atoms with E-state index in [0.717, 1.165) is 18.4 Å². The molecule has 1 saturated heterocycles. The van der Waals surface area contributed by atoms with Crippen molar-refractivity contribution in [2.75, 3.05) is 0 Å². The first-order chi connectivity index (χ1) is 11.2. The Morgan fingerprint density at radius 2 is 1.78 bits per heavy atom. The number of carbonyl (C=O) groups is 1. The van der Waals surface area contributed by atoms with Gasteiger partial charge in [-0.05, 0) is 24.8 Å². The summed E-state index contributed by atoms with van der Waals surface area (Å²) in [7, 11) is 0. The van der Waals surface area contributed by atoms with Gasteiger partial charge in [0.05, 0.1) is 6.10 Å². The Morgan fingerprint density at radius 1 is 1.13 bits per heavy atom. The van der Waals surface area contributed by atoms with Gasteiger partial charge in [0.1, 0.15) is 6.07 Å². The Hall–Kier alpha value is -2.44. The molecule has 0 N–H and O–H groups in total. The van der Waals surface area contributed by atoms with Crippen molar-refractivity contribution in [1.82, 2.24) is 0 Å². The first kappa shape index (κ1) is 15.5. The molecule has 23 heavy (non-hydrogen) atoms. The van der Waals surface area contributed by atoms with Crippen molar-refractivity contribution < 1.29 is 9.53 Å². The summed E-state index contributed by atoms with van der Waals surface area (Å²) in [5.74, 6) is 0.0670. The fourth-order valence-electron chi connectivity index (χ4n) is 3.14. The lowest BCUT2D eigenvalue weighted by Crippen LogP contribution is -2.38. The Morgan fingerprint density at radius 3 is 2.43 bits per heavy atom. The third-order valence-corrected chi connectivity index (χ3v) is 4.35. The third kappa shape index (κ3) is 3.33. The molecule has 0 aromatic heterocycles. The first-order valence-corrected chi connectivity index (χ1v) is 7.96. The van der Waals surface area contributed by atoms with Crippen LogP contribution >= 0.6 is 0 Å². The molecule has 2 aromatic carbocycles. The van der Waals surface area contributed by atoms with Gasteiger partial charge in [0.25, 0.3) is 0 Å². The monoisotopic (exact) mass is 305 g/mol. The van der Waals surface area contributed by atoms with E-state index < -0.39 is 5.60 Å². The van der Waals surface area contributed by atoms with Crippen molar-refractivity contribution in [3.05, 3.63) is 71.8 Å². The van der Waals surface area contributed by atoms with Crippen molar-refractivity contribution in [2.45, 2.75) is 37.4 Å². The zero-order valence-corrected chi connectivity index (χ0v) is 12.9. The predicted octanol–water partition coefficient (Wildman–Crippen LogP) is 4.25. The van der Waals surface area contributed by atoms with Gasteiger partial charge >= 0.3 is 0 Å². The highest BCUT2D eigenvalue weighted by Gasteiger charge is 2.39. The summed E-state index contributed by atoms with van der Waals surface area (Å²) < 4.78 is 6.12. The van der Waals surface area contributed by atoms with Crippen molar-refractivity contribution in [3.8, 4) is 6.07 Å². The maximum absolute atomic E-state index is 12.4. The van der Waals surface area contributed by atoms with Gasteiger partial charge in [-0.3, -0.25) is 4.79 Å². The number of hydrogen-bond donors (Lipinski definition) is 0. The van der Waals surface area contributed by atoms with Crippen molar-refractivity contribution in [1.29, 1.82) is 5.26 Å². The highest BCUT2D eigenvalue weighted by atomic mass is 16.5. The summed E-state index contributed by atoms with van der Waals surface area (Å²) in [6.45, 7) is 0. The Balaban J connectivity index is 1.76. The molecule has 0 amide bonds. The van der Waals surface area contributed by atoms with E-state index in [-0.39, 0.29) is 11.9 Å². The average Bonchev–Trinajstić information content (AvgIpc) is 2.63. The largest absolute Gasteiger partial charge is 0.352 e. The number of Topliss-reactive ketones (excluding diaryl/α,β-unsaturated/α-hetero) is 1. The highest BCUT2D eigenvalue weighted by molar-refractivity contribution is 5.96. The summed E-state index contributed by atoms with van der Waals surface area (Å²) in [5, 5.41) is 9.70. The molecule has 1 fully saturated rings. The molecule has 0 aliphatic carbocycles. The zero-order chi connectivity index (χ0) is 16.1. The highest BCUT2D eigenvalue weighted by Crippen LogP contribution is 2.38. The summed E-state index contributed by atoms with van der Waals surface area (Å²) in [4.78, 5) is 12.4. The molecule has 2 unspecified atom stereocenters. The second-order valence-electron chi connectivity index (χ2n) is 5.93. The van der Waals surface area contributed by atoms with E-state index in [1.54, 1.807) is 0 Å². The number of nitriles is 1. The van der Waals surface area contributed by atoms with Gasteiger partial charge in [-0.1, -0.05) is 60.7 Å². The molecule has 2 aromatic rings. The van der Waals surface area contributed by atoms with Crippen molar-refractivity contribution in [2.24, 2.45) is 0 Å². The fourth-order valence-corrected chi connectivity index (χ4v) is 3.14. The zero-order valence-electron chi connectivity index (χ0n) is 12.9. The molecule has 0 bridgehead atoms. The molecule has 0 radical (unpaired) electrons. The summed E-state index contributed by atoms with van der Waals surface area (Å²) >= 11 is 0.